The first-order valence-corrected chi connectivity index (χ1v) is 8.07. The number of nitrogens with zero attached hydrogens (tertiary/aromatic N) is 3. The first-order valence-electron chi connectivity index (χ1n) is 8.07. The summed E-state index contributed by atoms with van der Waals surface area (Å²) in [5.41, 5.74) is 5.92. The Morgan fingerprint density at radius 2 is 2.19 bits per heavy atom. The first kappa shape index (κ1) is 15.9. The van der Waals surface area contributed by atoms with Crippen LogP contribution in [0.2, 0.25) is 0 Å². The van der Waals surface area contributed by atoms with Gasteiger partial charge in [0, 0.05) is 25.9 Å². The maximum Gasteiger partial charge on any atom is 0.237 e. The van der Waals surface area contributed by atoms with Crippen LogP contribution < -0.4 is 11.1 Å². The molecule has 0 fully saturated rings. The van der Waals surface area contributed by atoms with E-state index in [0.717, 1.165) is 31.0 Å². The van der Waals surface area contributed by atoms with Crippen molar-refractivity contribution in [2.24, 2.45) is 11.7 Å². The predicted octanol–water partition coefficient (Wildman–Crippen LogP) is 1.04. The van der Waals surface area contributed by atoms with Crippen molar-refractivity contribution in [1.82, 2.24) is 20.1 Å². The Kier molecular flexibility index (Phi) is 5.73. The van der Waals surface area contributed by atoms with E-state index < -0.39 is 6.04 Å². The third-order valence-electron chi connectivity index (χ3n) is 4.39. The lowest BCUT2D eigenvalue weighted by Gasteiger charge is -2.17. The molecular formula is C15H27N5O. The Balaban J connectivity index is 1.84. The van der Waals surface area contributed by atoms with Crippen molar-refractivity contribution in [3.8, 4) is 0 Å². The van der Waals surface area contributed by atoms with Gasteiger partial charge in [0.15, 0.2) is 0 Å². The molecule has 0 saturated carbocycles. The molecule has 3 N–H and O–H groups in total. The molecular weight excluding hydrogens is 266 g/mol. The second kappa shape index (κ2) is 7.54. The highest BCUT2D eigenvalue weighted by molar-refractivity contribution is 5.81. The van der Waals surface area contributed by atoms with Crippen molar-refractivity contribution in [2.75, 3.05) is 6.54 Å². The van der Waals surface area contributed by atoms with E-state index in [9.17, 15) is 4.79 Å². The van der Waals surface area contributed by atoms with Crippen LogP contribution in [0.5, 0.6) is 0 Å². The minimum Gasteiger partial charge on any atom is -0.354 e. The van der Waals surface area contributed by atoms with E-state index in [1.54, 1.807) is 0 Å². The summed E-state index contributed by atoms with van der Waals surface area (Å²) in [6.07, 6.45) is 6.27. The number of aryl methyl sites for hydroxylation is 1. The monoisotopic (exact) mass is 293 g/mol. The molecule has 0 radical (unpaired) electrons. The zero-order valence-corrected chi connectivity index (χ0v) is 13.1. The quantitative estimate of drug-likeness (QED) is 0.820. The summed E-state index contributed by atoms with van der Waals surface area (Å²) in [6, 6.07) is -0.425. The molecule has 0 aliphatic carbocycles. The van der Waals surface area contributed by atoms with Crippen LogP contribution >= 0.6 is 0 Å². The number of nitrogens with one attached hydrogen (secondary N) is 1. The van der Waals surface area contributed by atoms with Crippen LogP contribution in [0.3, 0.4) is 0 Å². The lowest BCUT2D eigenvalue weighted by molar-refractivity contribution is -0.123. The normalized spacial score (nSPS) is 17.7. The third kappa shape index (κ3) is 4.03. The fourth-order valence-electron chi connectivity index (χ4n) is 2.66. The Hall–Kier alpha value is -1.43. The van der Waals surface area contributed by atoms with E-state index in [2.05, 4.69) is 20.1 Å². The van der Waals surface area contributed by atoms with Gasteiger partial charge in [-0.05, 0) is 18.8 Å². The smallest absolute Gasteiger partial charge is 0.237 e. The van der Waals surface area contributed by atoms with E-state index in [1.165, 1.54) is 19.3 Å². The summed E-state index contributed by atoms with van der Waals surface area (Å²) in [6.45, 7) is 5.62. The molecule has 2 rings (SSSR count). The molecule has 1 amide bonds. The SMILES string of the molecule is CCC(C)C(N)C(=O)NCCc1nnc2n1CCCCC2. The van der Waals surface area contributed by atoms with Gasteiger partial charge in [-0.15, -0.1) is 10.2 Å². The number of carbonyl (C=O) groups excluding carboxylic acids is 1. The zero-order valence-electron chi connectivity index (χ0n) is 13.1. The van der Waals surface area contributed by atoms with E-state index in [0.29, 0.717) is 13.0 Å². The number of hydrogen-bond acceptors (Lipinski definition) is 4. The molecule has 0 aromatic carbocycles. The first-order chi connectivity index (χ1) is 10.1. The molecule has 0 spiro atoms. The molecule has 118 valence electrons. The van der Waals surface area contributed by atoms with Gasteiger partial charge in [-0.2, -0.15) is 0 Å². The molecule has 1 aromatic rings. The van der Waals surface area contributed by atoms with Crippen molar-refractivity contribution < 1.29 is 4.79 Å². The Morgan fingerprint density at radius 1 is 1.38 bits per heavy atom. The lowest BCUT2D eigenvalue weighted by Crippen LogP contribution is -2.45. The van der Waals surface area contributed by atoms with Gasteiger partial charge in [0.1, 0.15) is 11.6 Å². The highest BCUT2D eigenvalue weighted by Gasteiger charge is 2.19. The second-order valence-electron chi connectivity index (χ2n) is 5.95. The average Bonchev–Trinajstić information content (AvgIpc) is 2.73. The minimum absolute atomic E-state index is 0.0695. The Bertz CT molecular complexity index is 471. The van der Waals surface area contributed by atoms with Gasteiger partial charge in [0.05, 0.1) is 6.04 Å². The molecule has 0 saturated heterocycles. The average molecular weight is 293 g/mol. The highest BCUT2D eigenvalue weighted by Crippen LogP contribution is 2.14. The van der Waals surface area contributed by atoms with Crippen LogP contribution in [0.4, 0.5) is 0 Å². The van der Waals surface area contributed by atoms with Crippen molar-refractivity contribution in [2.45, 2.75) is 65.0 Å². The van der Waals surface area contributed by atoms with Gasteiger partial charge < -0.3 is 15.6 Å². The number of amides is 1. The zero-order chi connectivity index (χ0) is 15.2. The highest BCUT2D eigenvalue weighted by atomic mass is 16.2. The van der Waals surface area contributed by atoms with Gasteiger partial charge in [0.2, 0.25) is 5.91 Å². The van der Waals surface area contributed by atoms with Crippen molar-refractivity contribution >= 4 is 5.91 Å². The van der Waals surface area contributed by atoms with Crippen LogP contribution in [-0.2, 0) is 24.2 Å². The number of fused-ring (bicyclic) bond motifs is 1. The second-order valence-corrected chi connectivity index (χ2v) is 5.95. The molecule has 0 bridgehead atoms. The van der Waals surface area contributed by atoms with Crippen molar-refractivity contribution in [3.63, 3.8) is 0 Å². The number of nitrogens with two attached hydrogens (primary N) is 1. The Labute approximate surface area is 126 Å². The van der Waals surface area contributed by atoms with Crippen LogP contribution in [0.1, 0.15) is 51.2 Å². The summed E-state index contributed by atoms with van der Waals surface area (Å²) in [7, 11) is 0. The van der Waals surface area contributed by atoms with Crippen LogP contribution in [0.25, 0.3) is 0 Å². The van der Waals surface area contributed by atoms with Gasteiger partial charge in [-0.3, -0.25) is 4.79 Å². The fourth-order valence-corrected chi connectivity index (χ4v) is 2.66. The van der Waals surface area contributed by atoms with Gasteiger partial charge in [-0.25, -0.2) is 0 Å². The van der Waals surface area contributed by atoms with Gasteiger partial charge >= 0.3 is 0 Å². The number of hydrogen-bond donors (Lipinski definition) is 2. The number of carbonyl (C=O) groups is 1. The predicted molar refractivity (Wildman–Crippen MR) is 81.7 cm³/mol. The van der Waals surface area contributed by atoms with Crippen molar-refractivity contribution in [1.29, 1.82) is 0 Å². The summed E-state index contributed by atoms with van der Waals surface area (Å²) < 4.78 is 2.22. The standard InChI is InChI=1S/C15H27N5O/c1-3-11(2)14(16)15(21)17-9-8-13-19-18-12-7-5-4-6-10-20(12)13/h11,14H,3-10,16H2,1-2H3,(H,17,21). The van der Waals surface area contributed by atoms with Crippen LogP contribution in [-0.4, -0.2) is 33.3 Å². The molecule has 1 aliphatic heterocycles. The van der Waals surface area contributed by atoms with E-state index in [1.807, 2.05) is 13.8 Å². The summed E-state index contributed by atoms with van der Waals surface area (Å²) in [4.78, 5) is 11.9. The summed E-state index contributed by atoms with van der Waals surface area (Å²) >= 11 is 0. The summed E-state index contributed by atoms with van der Waals surface area (Å²) in [5, 5.41) is 11.4. The third-order valence-corrected chi connectivity index (χ3v) is 4.39. The van der Waals surface area contributed by atoms with Gasteiger partial charge in [0.25, 0.3) is 0 Å². The molecule has 2 unspecified atom stereocenters. The van der Waals surface area contributed by atoms with Gasteiger partial charge in [-0.1, -0.05) is 26.7 Å². The molecule has 1 aromatic heterocycles. The number of rotatable bonds is 6. The maximum atomic E-state index is 11.9. The molecule has 6 nitrogen and oxygen atoms in total. The maximum absolute atomic E-state index is 11.9. The van der Waals surface area contributed by atoms with E-state index in [4.69, 9.17) is 5.73 Å². The largest absolute Gasteiger partial charge is 0.354 e. The lowest BCUT2D eigenvalue weighted by atomic mass is 9.99. The minimum atomic E-state index is -0.425. The molecule has 6 heteroatoms. The fraction of sp³-hybridized carbons (Fsp3) is 0.800. The van der Waals surface area contributed by atoms with E-state index in [-0.39, 0.29) is 11.8 Å². The van der Waals surface area contributed by atoms with E-state index >= 15 is 0 Å². The van der Waals surface area contributed by atoms with Crippen LogP contribution in [0.15, 0.2) is 0 Å². The van der Waals surface area contributed by atoms with Crippen LogP contribution in [0, 0.1) is 5.92 Å². The molecule has 1 aliphatic rings. The molecule has 2 heterocycles. The topological polar surface area (TPSA) is 85.8 Å². The Morgan fingerprint density at radius 3 is 2.95 bits per heavy atom. The molecule has 21 heavy (non-hydrogen) atoms. The number of aromatic nitrogens is 3. The summed E-state index contributed by atoms with van der Waals surface area (Å²) in [5.74, 6) is 2.20. The van der Waals surface area contributed by atoms with Crippen molar-refractivity contribution in [3.05, 3.63) is 11.6 Å². The molecule has 2 atom stereocenters.